The van der Waals surface area contributed by atoms with Gasteiger partial charge in [0.05, 0.1) is 5.92 Å². The predicted molar refractivity (Wildman–Crippen MR) is 67.5 cm³/mol. The van der Waals surface area contributed by atoms with E-state index in [1.54, 1.807) is 0 Å². The van der Waals surface area contributed by atoms with Crippen molar-refractivity contribution in [1.29, 1.82) is 0 Å². The third-order valence-corrected chi connectivity index (χ3v) is 3.20. The number of aliphatic hydroxyl groups is 1. The summed E-state index contributed by atoms with van der Waals surface area (Å²) in [5.74, 6) is 0.485. The van der Waals surface area contributed by atoms with E-state index in [1.165, 1.54) is 0 Å². The van der Waals surface area contributed by atoms with Crippen LogP contribution in [0.2, 0.25) is 0 Å². The molecule has 1 aliphatic rings. The standard InChI is InChI=1S/C12H25N3O2/c1-10(9-16)7-15-6-2-3-11(8-15)12(17)14-5-4-13/h10-11,16H,2-9,13H2,1H3,(H,14,17). The lowest BCUT2D eigenvalue weighted by Gasteiger charge is -2.33. The molecule has 100 valence electrons. The van der Waals surface area contributed by atoms with Crippen molar-refractivity contribution in [2.75, 3.05) is 39.3 Å². The van der Waals surface area contributed by atoms with Crippen LogP contribution in [0.5, 0.6) is 0 Å². The average molecular weight is 243 g/mol. The molecule has 0 aromatic carbocycles. The van der Waals surface area contributed by atoms with Crippen molar-refractivity contribution < 1.29 is 9.90 Å². The van der Waals surface area contributed by atoms with Gasteiger partial charge in [0.2, 0.25) is 5.91 Å². The van der Waals surface area contributed by atoms with Gasteiger partial charge in [-0.25, -0.2) is 0 Å². The smallest absolute Gasteiger partial charge is 0.224 e. The number of rotatable bonds is 6. The summed E-state index contributed by atoms with van der Waals surface area (Å²) in [6.45, 7) is 5.99. The lowest BCUT2D eigenvalue weighted by Crippen LogP contribution is -2.45. The van der Waals surface area contributed by atoms with Crippen molar-refractivity contribution in [3.63, 3.8) is 0 Å². The van der Waals surface area contributed by atoms with Gasteiger partial charge in [0.1, 0.15) is 0 Å². The Balaban J connectivity index is 2.35. The second kappa shape index (κ2) is 7.63. The third kappa shape index (κ3) is 5.02. The minimum atomic E-state index is 0.0844. The Kier molecular flexibility index (Phi) is 6.47. The molecule has 5 nitrogen and oxygen atoms in total. The monoisotopic (exact) mass is 243 g/mol. The lowest BCUT2D eigenvalue weighted by molar-refractivity contribution is -0.126. The Hall–Kier alpha value is -0.650. The van der Waals surface area contributed by atoms with Crippen molar-refractivity contribution in [3.05, 3.63) is 0 Å². The second-order valence-corrected chi connectivity index (χ2v) is 4.97. The maximum atomic E-state index is 11.8. The fourth-order valence-corrected chi connectivity index (χ4v) is 2.27. The van der Waals surface area contributed by atoms with Gasteiger partial charge in [-0.15, -0.1) is 0 Å². The predicted octanol–water partition coefficient (Wildman–Crippen LogP) is -0.598. The zero-order chi connectivity index (χ0) is 12.7. The molecule has 5 heteroatoms. The van der Waals surface area contributed by atoms with Gasteiger partial charge in [0.15, 0.2) is 0 Å². The second-order valence-electron chi connectivity index (χ2n) is 4.97. The normalized spacial score (nSPS) is 23.4. The van der Waals surface area contributed by atoms with E-state index < -0.39 is 0 Å². The number of hydrogen-bond donors (Lipinski definition) is 3. The zero-order valence-electron chi connectivity index (χ0n) is 10.7. The van der Waals surface area contributed by atoms with E-state index >= 15 is 0 Å². The summed E-state index contributed by atoms with van der Waals surface area (Å²) in [5.41, 5.74) is 5.36. The highest BCUT2D eigenvalue weighted by atomic mass is 16.3. The van der Waals surface area contributed by atoms with Crippen LogP contribution in [-0.2, 0) is 4.79 Å². The molecule has 1 fully saturated rings. The molecular formula is C12H25N3O2. The number of hydrogen-bond acceptors (Lipinski definition) is 4. The highest BCUT2D eigenvalue weighted by Gasteiger charge is 2.25. The summed E-state index contributed by atoms with van der Waals surface area (Å²) in [6.07, 6.45) is 2.01. The Labute approximate surface area is 103 Å². The molecule has 0 radical (unpaired) electrons. The summed E-state index contributed by atoms with van der Waals surface area (Å²) in [7, 11) is 0. The largest absolute Gasteiger partial charge is 0.396 e. The molecule has 1 heterocycles. The first-order valence-corrected chi connectivity index (χ1v) is 6.48. The number of carbonyl (C=O) groups excluding carboxylic acids is 1. The number of nitrogens with zero attached hydrogens (tertiary/aromatic N) is 1. The summed E-state index contributed by atoms with van der Waals surface area (Å²) in [4.78, 5) is 14.1. The van der Waals surface area contributed by atoms with E-state index in [-0.39, 0.29) is 24.3 Å². The first-order valence-electron chi connectivity index (χ1n) is 6.48. The first-order chi connectivity index (χ1) is 8.17. The number of amides is 1. The lowest BCUT2D eigenvalue weighted by atomic mass is 9.96. The molecular weight excluding hydrogens is 218 g/mol. The van der Waals surface area contributed by atoms with Crippen LogP contribution in [0.15, 0.2) is 0 Å². The number of nitrogens with two attached hydrogens (primary N) is 1. The van der Waals surface area contributed by atoms with E-state index in [2.05, 4.69) is 10.2 Å². The van der Waals surface area contributed by atoms with Gasteiger partial charge in [0, 0.05) is 32.8 Å². The number of likely N-dealkylation sites (tertiary alicyclic amines) is 1. The maximum absolute atomic E-state index is 11.8. The van der Waals surface area contributed by atoms with Crippen LogP contribution in [-0.4, -0.2) is 55.2 Å². The van der Waals surface area contributed by atoms with Crippen molar-refractivity contribution in [2.45, 2.75) is 19.8 Å². The molecule has 0 aromatic heterocycles. The van der Waals surface area contributed by atoms with Crippen LogP contribution < -0.4 is 11.1 Å². The molecule has 0 aliphatic carbocycles. The Bertz CT molecular complexity index is 236. The maximum Gasteiger partial charge on any atom is 0.224 e. The summed E-state index contributed by atoms with van der Waals surface area (Å²) < 4.78 is 0. The fourth-order valence-electron chi connectivity index (χ4n) is 2.27. The molecule has 1 rings (SSSR count). The number of nitrogens with one attached hydrogen (secondary N) is 1. The SMILES string of the molecule is CC(CO)CN1CCCC(C(=O)NCCN)C1. The van der Waals surface area contributed by atoms with Crippen LogP contribution in [0.1, 0.15) is 19.8 Å². The minimum absolute atomic E-state index is 0.0844. The molecule has 2 unspecified atom stereocenters. The quantitative estimate of drug-likeness (QED) is 0.582. The molecule has 1 amide bonds. The summed E-state index contributed by atoms with van der Waals surface area (Å²) in [5, 5.41) is 11.9. The van der Waals surface area contributed by atoms with E-state index in [9.17, 15) is 4.79 Å². The molecule has 1 saturated heterocycles. The van der Waals surface area contributed by atoms with Crippen LogP contribution in [0.25, 0.3) is 0 Å². The topological polar surface area (TPSA) is 78.6 Å². The molecule has 2 atom stereocenters. The average Bonchev–Trinajstić information content (AvgIpc) is 2.36. The zero-order valence-corrected chi connectivity index (χ0v) is 10.7. The van der Waals surface area contributed by atoms with Crippen molar-refractivity contribution >= 4 is 5.91 Å². The first kappa shape index (κ1) is 14.4. The van der Waals surface area contributed by atoms with Gasteiger partial charge >= 0.3 is 0 Å². The fraction of sp³-hybridized carbons (Fsp3) is 0.917. The van der Waals surface area contributed by atoms with Gasteiger partial charge in [-0.3, -0.25) is 4.79 Å². The Morgan fingerprint density at radius 2 is 2.41 bits per heavy atom. The van der Waals surface area contributed by atoms with Crippen LogP contribution >= 0.6 is 0 Å². The van der Waals surface area contributed by atoms with Gasteiger partial charge in [-0.1, -0.05) is 6.92 Å². The molecule has 0 aromatic rings. The van der Waals surface area contributed by atoms with E-state index in [4.69, 9.17) is 10.8 Å². The molecule has 0 spiro atoms. The molecule has 0 bridgehead atoms. The van der Waals surface area contributed by atoms with Crippen LogP contribution in [0.3, 0.4) is 0 Å². The van der Waals surface area contributed by atoms with Gasteiger partial charge in [0.25, 0.3) is 0 Å². The van der Waals surface area contributed by atoms with Gasteiger partial charge in [-0.2, -0.15) is 0 Å². The van der Waals surface area contributed by atoms with Crippen LogP contribution in [0.4, 0.5) is 0 Å². The van der Waals surface area contributed by atoms with E-state index in [0.717, 1.165) is 32.5 Å². The van der Waals surface area contributed by atoms with Gasteiger partial charge < -0.3 is 21.1 Å². The number of carbonyl (C=O) groups is 1. The number of aliphatic hydroxyl groups excluding tert-OH is 1. The highest BCUT2D eigenvalue weighted by molar-refractivity contribution is 5.78. The molecule has 1 aliphatic heterocycles. The molecule has 0 saturated carbocycles. The Morgan fingerprint density at radius 3 is 3.06 bits per heavy atom. The van der Waals surface area contributed by atoms with E-state index in [0.29, 0.717) is 13.1 Å². The summed E-state index contributed by atoms with van der Waals surface area (Å²) >= 11 is 0. The van der Waals surface area contributed by atoms with Crippen molar-refractivity contribution in [2.24, 2.45) is 17.6 Å². The van der Waals surface area contributed by atoms with Crippen molar-refractivity contribution in [1.82, 2.24) is 10.2 Å². The van der Waals surface area contributed by atoms with Crippen molar-refractivity contribution in [3.8, 4) is 0 Å². The van der Waals surface area contributed by atoms with Crippen LogP contribution in [0, 0.1) is 11.8 Å². The Morgan fingerprint density at radius 1 is 1.65 bits per heavy atom. The molecule has 17 heavy (non-hydrogen) atoms. The van der Waals surface area contributed by atoms with Gasteiger partial charge in [-0.05, 0) is 25.3 Å². The number of piperidine rings is 1. The summed E-state index contributed by atoms with van der Waals surface area (Å²) in [6, 6.07) is 0. The minimum Gasteiger partial charge on any atom is -0.396 e. The third-order valence-electron chi connectivity index (χ3n) is 3.20. The molecule has 4 N–H and O–H groups in total. The van der Waals surface area contributed by atoms with E-state index in [1.807, 2.05) is 6.92 Å². The highest BCUT2D eigenvalue weighted by Crippen LogP contribution is 2.17.